The lowest BCUT2D eigenvalue weighted by Gasteiger charge is -2.27. The van der Waals surface area contributed by atoms with E-state index in [1.54, 1.807) is 0 Å². The number of carbonyl (C=O) groups excluding carboxylic acids is 1. The van der Waals surface area contributed by atoms with Crippen LogP contribution in [0.25, 0.3) is 0 Å². The van der Waals surface area contributed by atoms with Gasteiger partial charge in [-0.3, -0.25) is 4.79 Å². The molecule has 0 spiro atoms. The molecule has 1 fully saturated rings. The highest BCUT2D eigenvalue weighted by Gasteiger charge is 2.26. The summed E-state index contributed by atoms with van der Waals surface area (Å²) in [4.78, 5) is 14.2. The molecule has 0 saturated carbocycles. The first-order valence-electron chi connectivity index (χ1n) is 6.22. The third kappa shape index (κ3) is 3.24. The molecule has 1 N–H and O–H groups in total. The Bertz CT molecular complexity index is 377. The Morgan fingerprint density at radius 3 is 2.61 bits per heavy atom. The van der Waals surface area contributed by atoms with Gasteiger partial charge in [-0.15, -0.1) is 12.4 Å². The van der Waals surface area contributed by atoms with E-state index in [2.05, 4.69) is 5.32 Å². The summed E-state index contributed by atoms with van der Waals surface area (Å²) >= 11 is 0. The van der Waals surface area contributed by atoms with Crippen LogP contribution in [-0.4, -0.2) is 37.0 Å². The fraction of sp³-hybridized carbons (Fsp3) is 0.500. The lowest BCUT2D eigenvalue weighted by atomic mass is 9.99. The van der Waals surface area contributed by atoms with Crippen molar-refractivity contribution in [3.63, 3.8) is 0 Å². The molecule has 1 aromatic rings. The summed E-state index contributed by atoms with van der Waals surface area (Å²) in [6, 6.07) is 10.3. The monoisotopic (exact) mass is 268 g/mol. The molecule has 1 aliphatic heterocycles. The van der Waals surface area contributed by atoms with E-state index in [0.717, 1.165) is 25.1 Å². The van der Waals surface area contributed by atoms with E-state index in [1.165, 1.54) is 0 Å². The van der Waals surface area contributed by atoms with Crippen LogP contribution < -0.4 is 5.32 Å². The molecule has 1 amide bonds. The number of nitrogens with one attached hydrogen (secondary N) is 1. The Kier molecular flexibility index (Phi) is 5.63. The molecule has 2 unspecified atom stereocenters. The highest BCUT2D eigenvalue weighted by atomic mass is 35.5. The third-order valence-corrected chi connectivity index (χ3v) is 3.60. The van der Waals surface area contributed by atoms with Gasteiger partial charge in [0.1, 0.15) is 0 Å². The SMILES string of the molecule is CC(C(=O)N(C)C1CCNC1)c1ccccc1.Cl. The van der Waals surface area contributed by atoms with Crippen LogP contribution in [0.3, 0.4) is 0 Å². The lowest BCUT2D eigenvalue weighted by Crippen LogP contribution is -2.40. The molecule has 1 aromatic carbocycles. The quantitative estimate of drug-likeness (QED) is 0.910. The molecule has 1 aliphatic rings. The Balaban J connectivity index is 0.00000162. The maximum Gasteiger partial charge on any atom is 0.229 e. The van der Waals surface area contributed by atoms with Crippen LogP contribution in [0.2, 0.25) is 0 Å². The second-order valence-electron chi connectivity index (χ2n) is 4.73. The highest BCUT2D eigenvalue weighted by molar-refractivity contribution is 5.85. The number of hydrogen-bond donors (Lipinski definition) is 1. The van der Waals surface area contributed by atoms with Gasteiger partial charge < -0.3 is 10.2 Å². The number of rotatable bonds is 3. The average Bonchev–Trinajstić information content (AvgIpc) is 2.91. The number of likely N-dealkylation sites (N-methyl/N-ethyl adjacent to an activating group) is 1. The van der Waals surface area contributed by atoms with Gasteiger partial charge in [-0.25, -0.2) is 0 Å². The Morgan fingerprint density at radius 1 is 1.39 bits per heavy atom. The first kappa shape index (κ1) is 15.0. The number of benzene rings is 1. The van der Waals surface area contributed by atoms with E-state index in [-0.39, 0.29) is 24.2 Å². The number of carbonyl (C=O) groups is 1. The normalized spacial score (nSPS) is 20.0. The fourth-order valence-electron chi connectivity index (χ4n) is 2.34. The van der Waals surface area contributed by atoms with E-state index < -0.39 is 0 Å². The predicted octanol–water partition coefficient (Wildman–Crippen LogP) is 2.03. The zero-order valence-electron chi connectivity index (χ0n) is 10.9. The molecular formula is C14H21ClN2O. The highest BCUT2D eigenvalue weighted by Crippen LogP contribution is 2.19. The second kappa shape index (κ2) is 6.76. The smallest absolute Gasteiger partial charge is 0.229 e. The minimum absolute atomic E-state index is 0. The third-order valence-electron chi connectivity index (χ3n) is 3.60. The van der Waals surface area contributed by atoms with Crippen molar-refractivity contribution in [3.8, 4) is 0 Å². The molecule has 1 heterocycles. The van der Waals surface area contributed by atoms with Gasteiger partial charge >= 0.3 is 0 Å². The molecule has 2 atom stereocenters. The van der Waals surface area contributed by atoms with Gasteiger partial charge in [-0.2, -0.15) is 0 Å². The van der Waals surface area contributed by atoms with Gasteiger partial charge in [-0.05, 0) is 25.5 Å². The number of halogens is 1. The van der Waals surface area contributed by atoms with Gasteiger partial charge in [0.15, 0.2) is 0 Å². The summed E-state index contributed by atoms with van der Waals surface area (Å²) < 4.78 is 0. The molecule has 3 nitrogen and oxygen atoms in total. The Labute approximate surface area is 115 Å². The summed E-state index contributed by atoms with van der Waals surface area (Å²) in [5.41, 5.74) is 1.09. The van der Waals surface area contributed by atoms with Gasteiger partial charge in [0.2, 0.25) is 5.91 Å². The van der Waals surface area contributed by atoms with E-state index in [9.17, 15) is 4.79 Å². The van der Waals surface area contributed by atoms with E-state index in [4.69, 9.17) is 0 Å². The van der Waals surface area contributed by atoms with Crippen LogP contribution in [0.15, 0.2) is 30.3 Å². The first-order valence-corrected chi connectivity index (χ1v) is 6.22. The van der Waals surface area contributed by atoms with Crippen molar-refractivity contribution in [2.24, 2.45) is 0 Å². The van der Waals surface area contributed by atoms with Gasteiger partial charge in [0, 0.05) is 19.6 Å². The molecule has 1 saturated heterocycles. The van der Waals surface area contributed by atoms with Crippen LogP contribution >= 0.6 is 12.4 Å². The van der Waals surface area contributed by atoms with Crippen molar-refractivity contribution in [2.45, 2.75) is 25.3 Å². The summed E-state index contributed by atoms with van der Waals surface area (Å²) in [6.07, 6.45) is 1.06. The predicted molar refractivity (Wildman–Crippen MR) is 76.1 cm³/mol. The van der Waals surface area contributed by atoms with E-state index in [0.29, 0.717) is 6.04 Å². The number of nitrogens with zero attached hydrogens (tertiary/aromatic N) is 1. The largest absolute Gasteiger partial charge is 0.341 e. The minimum atomic E-state index is -0.0539. The van der Waals surface area contributed by atoms with Crippen molar-refractivity contribution >= 4 is 18.3 Å². The van der Waals surface area contributed by atoms with Gasteiger partial charge in [-0.1, -0.05) is 30.3 Å². The molecule has 4 heteroatoms. The first-order chi connectivity index (χ1) is 8.20. The fourth-order valence-corrected chi connectivity index (χ4v) is 2.34. The van der Waals surface area contributed by atoms with E-state index in [1.807, 2.05) is 49.2 Å². The van der Waals surface area contributed by atoms with Crippen molar-refractivity contribution in [1.29, 1.82) is 0 Å². The summed E-state index contributed by atoms with van der Waals surface area (Å²) in [5.74, 6) is 0.159. The molecule has 0 aliphatic carbocycles. The summed E-state index contributed by atoms with van der Waals surface area (Å²) in [6.45, 7) is 3.92. The van der Waals surface area contributed by atoms with Crippen molar-refractivity contribution in [3.05, 3.63) is 35.9 Å². The molecule has 0 aromatic heterocycles. The average molecular weight is 269 g/mol. The maximum absolute atomic E-state index is 12.3. The summed E-state index contributed by atoms with van der Waals surface area (Å²) in [7, 11) is 1.92. The van der Waals surface area contributed by atoms with Crippen LogP contribution in [-0.2, 0) is 4.79 Å². The van der Waals surface area contributed by atoms with Gasteiger partial charge in [0.25, 0.3) is 0 Å². The molecule has 18 heavy (non-hydrogen) atoms. The van der Waals surface area contributed by atoms with Crippen molar-refractivity contribution < 1.29 is 4.79 Å². The molecule has 100 valence electrons. The number of amides is 1. The topological polar surface area (TPSA) is 32.3 Å². The van der Waals surface area contributed by atoms with Crippen LogP contribution in [0.4, 0.5) is 0 Å². The minimum Gasteiger partial charge on any atom is -0.341 e. The van der Waals surface area contributed by atoms with Crippen LogP contribution in [0.5, 0.6) is 0 Å². The molecule has 2 rings (SSSR count). The molecular weight excluding hydrogens is 248 g/mol. The molecule has 0 radical (unpaired) electrons. The number of hydrogen-bond acceptors (Lipinski definition) is 2. The van der Waals surface area contributed by atoms with Crippen molar-refractivity contribution in [1.82, 2.24) is 10.2 Å². The Hall–Kier alpha value is -1.06. The summed E-state index contributed by atoms with van der Waals surface area (Å²) in [5, 5.41) is 3.29. The second-order valence-corrected chi connectivity index (χ2v) is 4.73. The van der Waals surface area contributed by atoms with Crippen molar-refractivity contribution in [2.75, 3.05) is 20.1 Å². The van der Waals surface area contributed by atoms with Crippen LogP contribution in [0.1, 0.15) is 24.8 Å². The lowest BCUT2D eigenvalue weighted by molar-refractivity contribution is -0.132. The molecule has 0 bridgehead atoms. The standard InChI is InChI=1S/C14H20N2O.ClH/c1-11(12-6-4-3-5-7-12)14(17)16(2)13-8-9-15-10-13;/h3-7,11,13,15H,8-10H2,1-2H3;1H. The Morgan fingerprint density at radius 2 is 2.06 bits per heavy atom. The van der Waals surface area contributed by atoms with Crippen LogP contribution in [0, 0.1) is 0 Å². The maximum atomic E-state index is 12.3. The van der Waals surface area contributed by atoms with Gasteiger partial charge in [0.05, 0.1) is 5.92 Å². The zero-order valence-corrected chi connectivity index (χ0v) is 11.7. The van der Waals surface area contributed by atoms with E-state index >= 15 is 0 Å². The zero-order chi connectivity index (χ0) is 12.3.